The molecule has 1 aliphatic heterocycles. The van der Waals surface area contributed by atoms with E-state index in [4.69, 9.17) is 16.3 Å². The van der Waals surface area contributed by atoms with Crippen molar-refractivity contribution in [2.24, 2.45) is 0 Å². The maximum absolute atomic E-state index is 12.3. The Kier molecular flexibility index (Phi) is 3.98. The first-order valence-corrected chi connectivity index (χ1v) is 7.80. The van der Waals surface area contributed by atoms with Gasteiger partial charge >= 0.3 is 6.09 Å². The lowest BCUT2D eigenvalue weighted by Gasteiger charge is -2.24. The molecule has 0 unspecified atom stereocenters. The van der Waals surface area contributed by atoms with E-state index in [1.807, 2.05) is 51.1 Å². The average Bonchev–Trinajstić information content (AvgIpc) is 2.89. The summed E-state index contributed by atoms with van der Waals surface area (Å²) < 4.78 is 5.43. The standard InChI is InChI=1S/C17H18ClN3O2/c1-17(2,3)23-16(22)21-9-12-13(10-21)19-15(18)20-14(12)11-7-5-4-6-8-11/h4-8H,9-10H2,1-3H3. The highest BCUT2D eigenvalue weighted by Gasteiger charge is 2.31. The Hall–Kier alpha value is -2.14. The van der Waals surface area contributed by atoms with E-state index in [0.717, 1.165) is 22.5 Å². The van der Waals surface area contributed by atoms with Gasteiger partial charge in [-0.25, -0.2) is 14.8 Å². The highest BCUT2D eigenvalue weighted by atomic mass is 35.5. The minimum absolute atomic E-state index is 0.189. The van der Waals surface area contributed by atoms with Gasteiger partial charge in [-0.15, -0.1) is 0 Å². The number of rotatable bonds is 1. The van der Waals surface area contributed by atoms with Crippen molar-refractivity contribution >= 4 is 17.7 Å². The van der Waals surface area contributed by atoms with Crippen molar-refractivity contribution in [3.05, 3.63) is 46.9 Å². The molecule has 2 heterocycles. The van der Waals surface area contributed by atoms with Crippen LogP contribution in [0.4, 0.5) is 4.79 Å². The molecule has 0 saturated heterocycles. The van der Waals surface area contributed by atoms with Crippen LogP contribution in [-0.2, 0) is 17.8 Å². The Labute approximate surface area is 140 Å². The molecule has 1 aromatic carbocycles. The summed E-state index contributed by atoms with van der Waals surface area (Å²) in [7, 11) is 0. The van der Waals surface area contributed by atoms with E-state index < -0.39 is 5.60 Å². The molecular formula is C17H18ClN3O2. The van der Waals surface area contributed by atoms with Gasteiger partial charge in [-0.2, -0.15) is 0 Å². The zero-order valence-electron chi connectivity index (χ0n) is 13.3. The summed E-state index contributed by atoms with van der Waals surface area (Å²) in [5, 5.41) is 0.189. The van der Waals surface area contributed by atoms with Crippen LogP contribution in [0.15, 0.2) is 30.3 Å². The van der Waals surface area contributed by atoms with Crippen LogP contribution in [0.1, 0.15) is 32.0 Å². The number of halogens is 1. The molecule has 0 saturated carbocycles. The summed E-state index contributed by atoms with van der Waals surface area (Å²) in [4.78, 5) is 22.5. The molecule has 120 valence electrons. The Morgan fingerprint density at radius 2 is 1.87 bits per heavy atom. The third kappa shape index (κ3) is 3.45. The van der Waals surface area contributed by atoms with Gasteiger partial charge in [-0.1, -0.05) is 30.3 Å². The molecule has 5 nitrogen and oxygen atoms in total. The van der Waals surface area contributed by atoms with E-state index in [0.29, 0.717) is 13.1 Å². The predicted octanol–water partition coefficient (Wildman–Crippen LogP) is 4.05. The first-order valence-electron chi connectivity index (χ1n) is 7.42. The smallest absolute Gasteiger partial charge is 0.410 e. The van der Waals surface area contributed by atoms with E-state index in [-0.39, 0.29) is 11.4 Å². The molecule has 0 fully saturated rings. The van der Waals surface area contributed by atoms with Crippen LogP contribution in [-0.4, -0.2) is 26.6 Å². The number of fused-ring (bicyclic) bond motifs is 1. The minimum Gasteiger partial charge on any atom is -0.444 e. The van der Waals surface area contributed by atoms with Crippen molar-refractivity contribution in [2.75, 3.05) is 0 Å². The molecule has 0 radical (unpaired) electrons. The number of carbonyl (C=O) groups excluding carboxylic acids is 1. The molecule has 3 rings (SSSR count). The van der Waals surface area contributed by atoms with E-state index in [2.05, 4.69) is 9.97 Å². The number of hydrogen-bond donors (Lipinski definition) is 0. The van der Waals surface area contributed by atoms with Crippen LogP contribution in [0.5, 0.6) is 0 Å². The second kappa shape index (κ2) is 5.81. The summed E-state index contributed by atoms with van der Waals surface area (Å²) in [5.74, 6) is 0. The van der Waals surface area contributed by atoms with Gasteiger partial charge in [-0.05, 0) is 32.4 Å². The van der Waals surface area contributed by atoms with Crippen LogP contribution in [0.25, 0.3) is 11.3 Å². The topological polar surface area (TPSA) is 55.3 Å². The van der Waals surface area contributed by atoms with Gasteiger partial charge in [0, 0.05) is 11.1 Å². The Morgan fingerprint density at radius 3 is 2.52 bits per heavy atom. The third-order valence-electron chi connectivity index (χ3n) is 3.45. The van der Waals surface area contributed by atoms with E-state index >= 15 is 0 Å². The Balaban J connectivity index is 1.92. The van der Waals surface area contributed by atoms with Crippen LogP contribution >= 0.6 is 11.6 Å². The van der Waals surface area contributed by atoms with Crippen LogP contribution in [0.2, 0.25) is 5.28 Å². The molecule has 0 N–H and O–H groups in total. The number of benzene rings is 1. The van der Waals surface area contributed by atoms with Crippen molar-refractivity contribution < 1.29 is 9.53 Å². The summed E-state index contributed by atoms with van der Waals surface area (Å²) in [6.07, 6.45) is -0.356. The molecule has 0 atom stereocenters. The lowest BCUT2D eigenvalue weighted by atomic mass is 10.1. The van der Waals surface area contributed by atoms with E-state index in [1.165, 1.54) is 0 Å². The lowest BCUT2D eigenvalue weighted by Crippen LogP contribution is -2.33. The molecule has 23 heavy (non-hydrogen) atoms. The molecular weight excluding hydrogens is 314 g/mol. The fraction of sp³-hybridized carbons (Fsp3) is 0.353. The summed E-state index contributed by atoms with van der Waals surface area (Å²) >= 11 is 6.06. The molecule has 6 heteroatoms. The number of carbonyl (C=O) groups is 1. The normalized spacial score (nSPS) is 13.8. The minimum atomic E-state index is -0.530. The third-order valence-corrected chi connectivity index (χ3v) is 3.62. The monoisotopic (exact) mass is 331 g/mol. The number of hydrogen-bond acceptors (Lipinski definition) is 4. The molecule has 1 aliphatic rings. The van der Waals surface area contributed by atoms with Crippen molar-refractivity contribution in [1.82, 2.24) is 14.9 Å². The molecule has 2 aromatic rings. The van der Waals surface area contributed by atoms with Crippen LogP contribution < -0.4 is 0 Å². The highest BCUT2D eigenvalue weighted by molar-refractivity contribution is 6.28. The summed E-state index contributed by atoms with van der Waals surface area (Å²) in [6, 6.07) is 9.76. The summed E-state index contributed by atoms with van der Waals surface area (Å²) in [5.41, 5.74) is 2.89. The lowest BCUT2D eigenvalue weighted by molar-refractivity contribution is 0.0241. The van der Waals surface area contributed by atoms with Crippen LogP contribution in [0, 0.1) is 0 Å². The van der Waals surface area contributed by atoms with Gasteiger partial charge in [-0.3, -0.25) is 4.90 Å². The van der Waals surface area contributed by atoms with E-state index in [9.17, 15) is 4.79 Å². The van der Waals surface area contributed by atoms with Gasteiger partial charge in [0.15, 0.2) is 0 Å². The van der Waals surface area contributed by atoms with Gasteiger partial charge in [0.1, 0.15) is 5.60 Å². The first kappa shape index (κ1) is 15.7. The molecule has 0 spiro atoms. The van der Waals surface area contributed by atoms with Gasteiger partial charge in [0.2, 0.25) is 5.28 Å². The molecule has 0 bridgehead atoms. The number of aromatic nitrogens is 2. The zero-order chi connectivity index (χ0) is 16.6. The SMILES string of the molecule is CC(C)(C)OC(=O)N1Cc2nc(Cl)nc(-c3ccccc3)c2C1. The molecule has 0 aliphatic carbocycles. The van der Waals surface area contributed by atoms with Crippen molar-refractivity contribution in [2.45, 2.75) is 39.5 Å². The number of ether oxygens (including phenoxy) is 1. The van der Waals surface area contributed by atoms with E-state index in [1.54, 1.807) is 4.90 Å². The summed E-state index contributed by atoms with van der Waals surface area (Å²) in [6.45, 7) is 6.35. The van der Waals surface area contributed by atoms with Crippen molar-refractivity contribution in [1.29, 1.82) is 0 Å². The largest absolute Gasteiger partial charge is 0.444 e. The Morgan fingerprint density at radius 1 is 1.17 bits per heavy atom. The quantitative estimate of drug-likeness (QED) is 0.740. The van der Waals surface area contributed by atoms with Crippen LogP contribution in [0.3, 0.4) is 0 Å². The van der Waals surface area contributed by atoms with Gasteiger partial charge in [0.25, 0.3) is 0 Å². The van der Waals surface area contributed by atoms with Gasteiger partial charge in [0.05, 0.1) is 24.5 Å². The Bertz CT molecular complexity index is 741. The second-order valence-electron chi connectivity index (χ2n) is 6.47. The second-order valence-corrected chi connectivity index (χ2v) is 6.81. The number of nitrogens with zero attached hydrogens (tertiary/aromatic N) is 3. The highest BCUT2D eigenvalue weighted by Crippen LogP contribution is 2.32. The first-order chi connectivity index (χ1) is 10.8. The van der Waals surface area contributed by atoms with Gasteiger partial charge < -0.3 is 4.74 Å². The molecule has 1 amide bonds. The average molecular weight is 332 g/mol. The predicted molar refractivity (Wildman–Crippen MR) is 88.0 cm³/mol. The fourth-order valence-corrected chi connectivity index (χ4v) is 2.70. The molecule has 1 aromatic heterocycles. The number of amides is 1. The fourth-order valence-electron chi connectivity index (χ4n) is 2.52. The zero-order valence-corrected chi connectivity index (χ0v) is 14.1. The maximum Gasteiger partial charge on any atom is 0.410 e. The van der Waals surface area contributed by atoms with Crippen molar-refractivity contribution in [3.8, 4) is 11.3 Å². The maximum atomic E-state index is 12.3. The van der Waals surface area contributed by atoms with Crippen molar-refractivity contribution in [3.63, 3.8) is 0 Å².